The molecule has 4 aromatic carbocycles. The second-order valence-electron chi connectivity index (χ2n) is 13.1. The maximum Gasteiger partial charge on any atom is 0.155 e. The molecule has 2 aliphatic rings. The van der Waals surface area contributed by atoms with E-state index in [9.17, 15) is 0 Å². The molecule has 0 spiro atoms. The smallest absolute Gasteiger partial charge is 0.0801 e. The van der Waals surface area contributed by atoms with E-state index in [0.717, 1.165) is 12.8 Å². The minimum atomic E-state index is -1.27. The summed E-state index contributed by atoms with van der Waals surface area (Å²) >= 11 is 0. The topological polar surface area (TPSA) is 0 Å². The Morgan fingerprint density at radius 2 is 1.23 bits per heavy atom. The van der Waals surface area contributed by atoms with Gasteiger partial charge in [0.2, 0.25) is 0 Å². The van der Waals surface area contributed by atoms with Crippen molar-refractivity contribution in [3.63, 3.8) is 0 Å². The zero-order chi connectivity index (χ0) is 27.4. The summed E-state index contributed by atoms with van der Waals surface area (Å²) in [4.78, 5) is 0. The van der Waals surface area contributed by atoms with Gasteiger partial charge in [0.15, 0.2) is 8.80 Å². The first kappa shape index (κ1) is 25.8. The summed E-state index contributed by atoms with van der Waals surface area (Å²) in [5.74, 6) is 0. The predicted octanol–water partition coefficient (Wildman–Crippen LogP) is 7.71. The summed E-state index contributed by atoms with van der Waals surface area (Å²) in [5, 5.41) is 4.50. The highest BCUT2D eigenvalue weighted by molar-refractivity contribution is 6.96. The highest BCUT2D eigenvalue weighted by atomic mass is 28.3. The van der Waals surface area contributed by atoms with Crippen LogP contribution >= 0.6 is 0 Å². The van der Waals surface area contributed by atoms with Crippen molar-refractivity contribution in [2.45, 2.75) is 65.2 Å². The summed E-state index contributed by atoms with van der Waals surface area (Å²) < 4.78 is 0. The third kappa shape index (κ3) is 4.57. The Labute approximate surface area is 236 Å². The highest BCUT2D eigenvalue weighted by Crippen LogP contribution is 2.46. The summed E-state index contributed by atoms with van der Waals surface area (Å²) in [7, 11) is -1.27. The number of benzene rings is 4. The molecule has 195 valence electrons. The molecule has 0 atom stereocenters. The number of rotatable bonds is 4. The third-order valence-electron chi connectivity index (χ3n) is 8.34. The molecule has 1 heteroatoms. The molecule has 0 aliphatic heterocycles. The lowest BCUT2D eigenvalue weighted by atomic mass is 9.81. The summed E-state index contributed by atoms with van der Waals surface area (Å²) in [6, 6.07) is 32.2. The van der Waals surface area contributed by atoms with Crippen LogP contribution in [0.25, 0.3) is 16.7 Å². The molecular weight excluding hydrogens is 485 g/mol. The van der Waals surface area contributed by atoms with Crippen molar-refractivity contribution in [2.75, 3.05) is 0 Å². The summed E-state index contributed by atoms with van der Waals surface area (Å²) in [5.41, 5.74) is 12.1. The van der Waals surface area contributed by atoms with Gasteiger partial charge in [0.25, 0.3) is 0 Å². The van der Waals surface area contributed by atoms with Gasteiger partial charge in [0, 0.05) is 0 Å². The van der Waals surface area contributed by atoms with Gasteiger partial charge >= 0.3 is 0 Å². The highest BCUT2D eigenvalue weighted by Gasteiger charge is 2.36. The lowest BCUT2D eigenvalue weighted by Crippen LogP contribution is -2.55. The number of hydrogen-bond acceptors (Lipinski definition) is 0. The SMILES string of the molecule is CC(C)(C)c1cccc2c1Cc1c-2cc(C(C)(C)C)c([Si](c2ccccc2)c2ccccc2)c1C1=CC=CC1. The van der Waals surface area contributed by atoms with Crippen molar-refractivity contribution < 1.29 is 0 Å². The molecule has 39 heavy (non-hydrogen) atoms. The van der Waals surface area contributed by atoms with Gasteiger partial charge in [-0.1, -0.05) is 155 Å². The van der Waals surface area contributed by atoms with Crippen molar-refractivity contribution in [1.29, 1.82) is 0 Å². The van der Waals surface area contributed by atoms with Crippen molar-refractivity contribution in [1.82, 2.24) is 0 Å². The number of allylic oxidation sites excluding steroid dienone is 4. The van der Waals surface area contributed by atoms with Gasteiger partial charge in [-0.05, 0) is 73.4 Å². The molecule has 6 rings (SSSR count). The van der Waals surface area contributed by atoms with Crippen LogP contribution in [-0.2, 0) is 17.3 Å². The Hall–Kier alpha value is -3.42. The number of fused-ring (bicyclic) bond motifs is 3. The normalized spacial score (nSPS) is 14.5. The van der Waals surface area contributed by atoms with E-state index >= 15 is 0 Å². The maximum atomic E-state index is 2.59. The van der Waals surface area contributed by atoms with E-state index < -0.39 is 8.80 Å². The van der Waals surface area contributed by atoms with Gasteiger partial charge in [-0.25, -0.2) is 0 Å². The summed E-state index contributed by atoms with van der Waals surface area (Å²) in [6.45, 7) is 14.3. The first-order valence-electron chi connectivity index (χ1n) is 14.3. The molecule has 0 saturated heterocycles. The largest absolute Gasteiger partial charge is 0.155 e. The molecule has 0 N–H and O–H groups in total. The Kier molecular flexibility index (Phi) is 6.39. The van der Waals surface area contributed by atoms with Crippen LogP contribution in [0, 0.1) is 0 Å². The Morgan fingerprint density at radius 3 is 1.77 bits per heavy atom. The van der Waals surface area contributed by atoms with Crippen LogP contribution in [0.5, 0.6) is 0 Å². The Balaban J connectivity index is 1.73. The zero-order valence-electron chi connectivity index (χ0n) is 24.2. The van der Waals surface area contributed by atoms with Gasteiger partial charge < -0.3 is 0 Å². The molecule has 0 fully saturated rings. The van der Waals surface area contributed by atoms with Crippen molar-refractivity contribution in [3.05, 3.63) is 131 Å². The molecule has 0 amide bonds. The van der Waals surface area contributed by atoms with E-state index in [1.54, 1.807) is 5.19 Å². The van der Waals surface area contributed by atoms with Crippen LogP contribution in [0.4, 0.5) is 0 Å². The molecule has 4 aromatic rings. The molecule has 0 bridgehead atoms. The van der Waals surface area contributed by atoms with Crippen LogP contribution in [-0.4, -0.2) is 8.80 Å². The third-order valence-corrected chi connectivity index (χ3v) is 11.2. The van der Waals surface area contributed by atoms with Gasteiger partial charge in [0.05, 0.1) is 0 Å². The first-order chi connectivity index (χ1) is 18.6. The molecule has 0 nitrogen and oxygen atoms in total. The monoisotopic (exact) mass is 523 g/mol. The standard InChI is InChI=1S/C38H39Si/c1-37(2,3)33-23-15-22-29-30-25-34(38(4,5)6)36(35(26-16-13-14-17-26)32(30)24-31(29)33)39(27-18-9-7-10-19-27)28-20-11-8-12-21-28/h7-16,18-23,25H,17,24H2,1-6H3. The lowest BCUT2D eigenvalue weighted by Gasteiger charge is -2.32. The van der Waals surface area contributed by atoms with Crippen LogP contribution in [0.1, 0.15) is 75.8 Å². The van der Waals surface area contributed by atoms with Gasteiger partial charge in [-0.2, -0.15) is 0 Å². The van der Waals surface area contributed by atoms with Gasteiger partial charge in [0.1, 0.15) is 0 Å². The Bertz CT molecular complexity index is 1550. The fourth-order valence-corrected chi connectivity index (χ4v) is 9.80. The molecule has 2 aliphatic carbocycles. The Morgan fingerprint density at radius 1 is 0.615 bits per heavy atom. The van der Waals surface area contributed by atoms with E-state index in [1.165, 1.54) is 54.9 Å². The molecular formula is C38H39Si. The minimum absolute atomic E-state index is 0.00950. The zero-order valence-corrected chi connectivity index (χ0v) is 25.2. The first-order valence-corrected chi connectivity index (χ1v) is 15.8. The fraction of sp³-hybridized carbons (Fsp3) is 0.263. The van der Waals surface area contributed by atoms with Crippen LogP contribution in [0.2, 0.25) is 0 Å². The van der Waals surface area contributed by atoms with Crippen LogP contribution < -0.4 is 15.6 Å². The van der Waals surface area contributed by atoms with E-state index in [0.29, 0.717) is 0 Å². The maximum absolute atomic E-state index is 2.59. The average molecular weight is 524 g/mol. The number of hydrogen-bond donors (Lipinski definition) is 0. The second kappa shape index (κ2) is 9.64. The molecule has 1 radical (unpaired) electrons. The quantitative estimate of drug-likeness (QED) is 0.167. The molecule has 0 aromatic heterocycles. The van der Waals surface area contributed by atoms with E-state index in [2.05, 4.69) is 145 Å². The van der Waals surface area contributed by atoms with Crippen molar-refractivity contribution in [2.24, 2.45) is 0 Å². The minimum Gasteiger partial charge on any atom is -0.0801 e. The van der Waals surface area contributed by atoms with E-state index in [1.807, 2.05) is 0 Å². The van der Waals surface area contributed by atoms with Crippen molar-refractivity contribution >= 4 is 29.9 Å². The fourth-order valence-electron chi connectivity index (χ4n) is 6.56. The molecule has 0 unspecified atom stereocenters. The van der Waals surface area contributed by atoms with Gasteiger partial charge in [-0.3, -0.25) is 0 Å². The molecule has 0 heterocycles. The lowest BCUT2D eigenvalue weighted by molar-refractivity contribution is 0.585. The van der Waals surface area contributed by atoms with Crippen molar-refractivity contribution in [3.8, 4) is 11.1 Å². The van der Waals surface area contributed by atoms with Crippen LogP contribution in [0.3, 0.4) is 0 Å². The summed E-state index contributed by atoms with van der Waals surface area (Å²) in [6.07, 6.45) is 8.99. The average Bonchev–Trinajstić information content (AvgIpc) is 3.56. The van der Waals surface area contributed by atoms with E-state index in [4.69, 9.17) is 0 Å². The van der Waals surface area contributed by atoms with Gasteiger partial charge in [-0.15, -0.1) is 0 Å². The van der Waals surface area contributed by atoms with Crippen LogP contribution in [0.15, 0.2) is 103 Å². The second-order valence-corrected chi connectivity index (χ2v) is 15.5. The predicted molar refractivity (Wildman–Crippen MR) is 171 cm³/mol. The molecule has 0 saturated carbocycles. The van der Waals surface area contributed by atoms with E-state index in [-0.39, 0.29) is 10.8 Å².